The first-order valence-electron chi connectivity index (χ1n) is 5.16. The van der Waals surface area contributed by atoms with Gasteiger partial charge in [0, 0.05) is 0 Å². The Morgan fingerprint density at radius 3 is 2.73 bits per heavy atom. The summed E-state index contributed by atoms with van der Waals surface area (Å²) >= 11 is 1.73. The molecule has 0 atom stereocenters. The molecular weight excluding hydrogens is 204 g/mol. The van der Waals surface area contributed by atoms with Crippen LogP contribution in [0.25, 0.3) is 10.8 Å². The minimum atomic E-state index is 0.396. The van der Waals surface area contributed by atoms with Crippen molar-refractivity contribution >= 4 is 22.5 Å². The van der Waals surface area contributed by atoms with Gasteiger partial charge in [0.05, 0.1) is 4.90 Å². The first-order valence-corrected chi connectivity index (χ1v) is 6.15. The average molecular weight is 218 g/mol. The summed E-state index contributed by atoms with van der Waals surface area (Å²) in [5, 5.41) is 12.2. The van der Waals surface area contributed by atoms with Crippen molar-refractivity contribution in [3.63, 3.8) is 0 Å². The van der Waals surface area contributed by atoms with Crippen molar-refractivity contribution in [1.82, 2.24) is 0 Å². The predicted octanol–water partition coefficient (Wildman–Crippen LogP) is 4.05. The summed E-state index contributed by atoms with van der Waals surface area (Å²) in [6, 6.07) is 11.9. The van der Waals surface area contributed by atoms with Gasteiger partial charge < -0.3 is 5.11 Å². The van der Waals surface area contributed by atoms with Crippen molar-refractivity contribution in [2.75, 3.05) is 5.75 Å². The summed E-state index contributed by atoms with van der Waals surface area (Å²) in [7, 11) is 0. The molecule has 0 aliphatic carbocycles. The van der Waals surface area contributed by atoms with Crippen LogP contribution in [0.3, 0.4) is 0 Å². The fourth-order valence-corrected chi connectivity index (χ4v) is 2.55. The predicted molar refractivity (Wildman–Crippen MR) is 66.6 cm³/mol. The topological polar surface area (TPSA) is 20.2 Å². The molecular formula is C13H14OS. The Balaban J connectivity index is 2.53. The van der Waals surface area contributed by atoms with Crippen LogP contribution >= 0.6 is 11.8 Å². The van der Waals surface area contributed by atoms with E-state index in [1.807, 2.05) is 18.2 Å². The highest BCUT2D eigenvalue weighted by Crippen LogP contribution is 2.35. The molecule has 0 bridgehead atoms. The van der Waals surface area contributed by atoms with Gasteiger partial charge in [-0.05, 0) is 29.0 Å². The van der Waals surface area contributed by atoms with Gasteiger partial charge in [-0.15, -0.1) is 11.8 Å². The van der Waals surface area contributed by atoms with Crippen LogP contribution in [0.2, 0.25) is 0 Å². The van der Waals surface area contributed by atoms with Gasteiger partial charge in [0.1, 0.15) is 5.75 Å². The number of aromatic hydroxyl groups is 1. The quantitative estimate of drug-likeness (QED) is 0.784. The van der Waals surface area contributed by atoms with Crippen LogP contribution in [0, 0.1) is 0 Å². The molecule has 0 unspecified atom stereocenters. The number of rotatable bonds is 3. The maximum Gasteiger partial charge on any atom is 0.129 e. The summed E-state index contributed by atoms with van der Waals surface area (Å²) in [5.41, 5.74) is 0. The molecule has 0 aliphatic heterocycles. The number of phenolic OH excluding ortho intramolecular Hbond substituents is 1. The first-order chi connectivity index (χ1) is 7.33. The Kier molecular flexibility index (Phi) is 3.17. The lowest BCUT2D eigenvalue weighted by molar-refractivity contribution is 0.464. The highest BCUT2D eigenvalue weighted by molar-refractivity contribution is 7.99. The van der Waals surface area contributed by atoms with Crippen molar-refractivity contribution in [1.29, 1.82) is 0 Å². The third kappa shape index (κ3) is 2.10. The monoisotopic (exact) mass is 218 g/mol. The fraction of sp³-hybridized carbons (Fsp3) is 0.231. The lowest BCUT2D eigenvalue weighted by Crippen LogP contribution is -1.81. The van der Waals surface area contributed by atoms with Crippen LogP contribution in [0.15, 0.2) is 41.3 Å². The van der Waals surface area contributed by atoms with E-state index < -0.39 is 0 Å². The van der Waals surface area contributed by atoms with Crippen molar-refractivity contribution in [2.24, 2.45) is 0 Å². The molecule has 0 aromatic heterocycles. The normalized spacial score (nSPS) is 10.7. The van der Waals surface area contributed by atoms with E-state index in [9.17, 15) is 5.11 Å². The second-order valence-corrected chi connectivity index (χ2v) is 4.59. The van der Waals surface area contributed by atoms with Crippen molar-refractivity contribution in [3.8, 4) is 5.75 Å². The maximum absolute atomic E-state index is 9.81. The second kappa shape index (κ2) is 4.58. The average Bonchev–Trinajstić information content (AvgIpc) is 2.28. The maximum atomic E-state index is 9.81. The molecule has 2 rings (SSSR count). The highest BCUT2D eigenvalue weighted by atomic mass is 32.2. The molecule has 2 aromatic rings. The lowest BCUT2D eigenvalue weighted by Gasteiger charge is -2.07. The Morgan fingerprint density at radius 2 is 1.93 bits per heavy atom. The Hall–Kier alpha value is -1.15. The van der Waals surface area contributed by atoms with Gasteiger partial charge in [0.15, 0.2) is 0 Å². The van der Waals surface area contributed by atoms with Crippen LogP contribution in [0.5, 0.6) is 5.75 Å². The number of thioether (sulfide) groups is 1. The van der Waals surface area contributed by atoms with Crippen LogP contribution in [0.4, 0.5) is 0 Å². The fourth-order valence-electron chi connectivity index (χ4n) is 1.59. The van der Waals surface area contributed by atoms with E-state index in [-0.39, 0.29) is 0 Å². The summed E-state index contributed by atoms with van der Waals surface area (Å²) in [4.78, 5) is 1.01. The zero-order chi connectivity index (χ0) is 10.7. The van der Waals surface area contributed by atoms with Gasteiger partial charge >= 0.3 is 0 Å². The highest BCUT2D eigenvalue weighted by Gasteiger charge is 2.06. The van der Waals surface area contributed by atoms with Crippen LogP contribution in [0.1, 0.15) is 13.3 Å². The summed E-state index contributed by atoms with van der Waals surface area (Å²) in [6.45, 7) is 2.15. The minimum absolute atomic E-state index is 0.396. The van der Waals surface area contributed by atoms with E-state index >= 15 is 0 Å². The zero-order valence-corrected chi connectivity index (χ0v) is 9.55. The van der Waals surface area contributed by atoms with Crippen LogP contribution in [-0.4, -0.2) is 10.9 Å². The molecule has 0 heterocycles. The summed E-state index contributed by atoms with van der Waals surface area (Å²) < 4.78 is 0. The molecule has 0 spiro atoms. The third-order valence-corrected chi connectivity index (χ3v) is 3.64. The standard InChI is InChI=1S/C13H14OS/c1-2-9-15-13-11-6-4-3-5-10(11)7-8-12(13)14/h3-8,14H,2,9H2,1H3. The summed E-state index contributed by atoms with van der Waals surface area (Å²) in [6.07, 6.45) is 1.12. The number of hydrogen-bond acceptors (Lipinski definition) is 2. The summed E-state index contributed by atoms with van der Waals surface area (Å²) in [5.74, 6) is 1.44. The molecule has 78 valence electrons. The van der Waals surface area contributed by atoms with Gasteiger partial charge in [-0.25, -0.2) is 0 Å². The SMILES string of the molecule is CCCSc1c(O)ccc2ccccc12. The molecule has 0 radical (unpaired) electrons. The molecule has 2 aromatic carbocycles. The van der Waals surface area contributed by atoms with Gasteiger partial charge in [0.2, 0.25) is 0 Å². The van der Waals surface area contributed by atoms with Gasteiger partial charge in [-0.2, -0.15) is 0 Å². The van der Waals surface area contributed by atoms with Crippen molar-refractivity contribution in [3.05, 3.63) is 36.4 Å². The first kappa shape index (κ1) is 10.4. The van der Waals surface area contributed by atoms with E-state index in [0.29, 0.717) is 5.75 Å². The van der Waals surface area contributed by atoms with E-state index in [2.05, 4.69) is 19.1 Å². The molecule has 1 nitrogen and oxygen atoms in total. The van der Waals surface area contributed by atoms with E-state index in [4.69, 9.17) is 0 Å². The minimum Gasteiger partial charge on any atom is -0.507 e. The Bertz CT molecular complexity index is 465. The molecule has 0 saturated heterocycles. The number of fused-ring (bicyclic) bond motifs is 1. The molecule has 0 amide bonds. The smallest absolute Gasteiger partial charge is 0.129 e. The van der Waals surface area contributed by atoms with Crippen LogP contribution in [-0.2, 0) is 0 Å². The zero-order valence-electron chi connectivity index (χ0n) is 8.73. The van der Waals surface area contributed by atoms with Crippen LogP contribution < -0.4 is 0 Å². The third-order valence-electron chi connectivity index (χ3n) is 2.31. The molecule has 2 heteroatoms. The largest absolute Gasteiger partial charge is 0.507 e. The molecule has 15 heavy (non-hydrogen) atoms. The molecule has 1 N–H and O–H groups in total. The van der Waals surface area contributed by atoms with E-state index in [1.165, 1.54) is 5.39 Å². The van der Waals surface area contributed by atoms with Crippen molar-refractivity contribution < 1.29 is 5.11 Å². The van der Waals surface area contributed by atoms with Gasteiger partial charge in [-0.3, -0.25) is 0 Å². The number of hydrogen-bond donors (Lipinski definition) is 1. The van der Waals surface area contributed by atoms with E-state index in [1.54, 1.807) is 17.8 Å². The van der Waals surface area contributed by atoms with Gasteiger partial charge in [0.25, 0.3) is 0 Å². The molecule has 0 fully saturated rings. The molecule has 0 aliphatic rings. The van der Waals surface area contributed by atoms with Crippen molar-refractivity contribution in [2.45, 2.75) is 18.2 Å². The Morgan fingerprint density at radius 1 is 1.13 bits per heavy atom. The van der Waals surface area contributed by atoms with E-state index in [0.717, 1.165) is 22.5 Å². The number of benzene rings is 2. The molecule has 0 saturated carbocycles. The lowest BCUT2D eigenvalue weighted by atomic mass is 10.1. The Labute approximate surface area is 94.1 Å². The van der Waals surface area contributed by atoms with Gasteiger partial charge in [-0.1, -0.05) is 37.3 Å². The second-order valence-electron chi connectivity index (χ2n) is 3.48. The number of phenols is 1.